The number of nitrogens with zero attached hydrogens (tertiary/aromatic N) is 2. The van der Waals surface area contributed by atoms with Crippen LogP contribution in [0.15, 0.2) is 17.4 Å². The maximum Gasteiger partial charge on any atom is 0.182 e. The van der Waals surface area contributed by atoms with Crippen LogP contribution in [-0.2, 0) is 0 Å². The second-order valence-corrected chi connectivity index (χ2v) is 4.71. The van der Waals surface area contributed by atoms with E-state index in [2.05, 4.69) is 9.97 Å². The maximum absolute atomic E-state index is 8.84. The molecule has 0 saturated heterocycles. The fraction of sp³-hybridized carbons (Fsp3) is 0. The van der Waals surface area contributed by atoms with Crippen LogP contribution in [0, 0.1) is 0 Å². The van der Waals surface area contributed by atoms with Gasteiger partial charge in [-0.3, -0.25) is 9.11 Å². The van der Waals surface area contributed by atoms with Crippen molar-refractivity contribution in [1.29, 1.82) is 0 Å². The number of aromatic nitrogens is 2. The molecule has 7 heteroatoms. The first kappa shape index (κ1) is 9.02. The SMILES string of the molecule is OS(O)(Cl)c1cnc(Cl)cn1. The third-order valence-corrected chi connectivity index (χ3v) is 2.28. The lowest BCUT2D eigenvalue weighted by molar-refractivity contribution is 0.502. The predicted octanol–water partition coefficient (Wildman–Crippen LogP) is 2.39. The summed E-state index contributed by atoms with van der Waals surface area (Å²) in [6.07, 6.45) is 2.30. The van der Waals surface area contributed by atoms with Crippen LogP contribution in [0.2, 0.25) is 5.15 Å². The molecule has 62 valence electrons. The highest BCUT2D eigenvalue weighted by molar-refractivity contribution is 8.43. The minimum Gasteiger partial charge on any atom is -0.280 e. The zero-order chi connectivity index (χ0) is 8.48. The highest BCUT2D eigenvalue weighted by atomic mass is 35.7. The lowest BCUT2D eigenvalue weighted by Crippen LogP contribution is -1.93. The Hall–Kier alpha value is -0.0700. The van der Waals surface area contributed by atoms with E-state index in [1.54, 1.807) is 0 Å². The van der Waals surface area contributed by atoms with Crippen LogP contribution in [0.3, 0.4) is 0 Å². The molecule has 0 saturated carbocycles. The van der Waals surface area contributed by atoms with Crippen molar-refractivity contribution >= 4 is 32.1 Å². The van der Waals surface area contributed by atoms with Crippen LogP contribution in [0.4, 0.5) is 0 Å². The molecular formula is C4H4Cl2N2O2S. The van der Waals surface area contributed by atoms with E-state index in [9.17, 15) is 0 Å². The Bertz CT molecular complexity index is 247. The lowest BCUT2D eigenvalue weighted by atomic mass is 10.8. The quantitative estimate of drug-likeness (QED) is 0.754. The summed E-state index contributed by atoms with van der Waals surface area (Å²) >= 11 is 5.39. The molecule has 0 aliphatic rings. The fourth-order valence-electron chi connectivity index (χ4n) is 0.435. The number of hydrogen-bond acceptors (Lipinski definition) is 4. The summed E-state index contributed by atoms with van der Waals surface area (Å²) < 4.78 is 17.7. The monoisotopic (exact) mass is 214 g/mol. The van der Waals surface area contributed by atoms with E-state index < -0.39 is 9.80 Å². The van der Waals surface area contributed by atoms with E-state index in [0.29, 0.717) is 0 Å². The Morgan fingerprint density at radius 2 is 1.91 bits per heavy atom. The van der Waals surface area contributed by atoms with E-state index in [1.165, 1.54) is 6.20 Å². The molecule has 0 fully saturated rings. The van der Waals surface area contributed by atoms with Gasteiger partial charge < -0.3 is 0 Å². The Morgan fingerprint density at radius 3 is 2.27 bits per heavy atom. The van der Waals surface area contributed by atoms with Crippen LogP contribution in [-0.4, -0.2) is 19.1 Å². The molecule has 0 spiro atoms. The van der Waals surface area contributed by atoms with Gasteiger partial charge in [0, 0.05) is 10.7 Å². The summed E-state index contributed by atoms with van der Waals surface area (Å²) in [4.78, 5) is 7.13. The van der Waals surface area contributed by atoms with Gasteiger partial charge in [0.15, 0.2) is 5.03 Å². The maximum atomic E-state index is 8.84. The second-order valence-electron chi connectivity index (χ2n) is 1.66. The zero-order valence-electron chi connectivity index (χ0n) is 5.11. The molecule has 0 aliphatic heterocycles. The lowest BCUT2D eigenvalue weighted by Gasteiger charge is -2.20. The van der Waals surface area contributed by atoms with Gasteiger partial charge in [0.1, 0.15) is 5.15 Å². The van der Waals surface area contributed by atoms with Gasteiger partial charge in [-0.05, 0) is 0 Å². The first-order chi connectivity index (χ1) is 5.00. The van der Waals surface area contributed by atoms with E-state index in [0.717, 1.165) is 6.20 Å². The van der Waals surface area contributed by atoms with E-state index in [-0.39, 0.29) is 10.2 Å². The fourth-order valence-corrected chi connectivity index (χ4v) is 1.14. The summed E-state index contributed by atoms with van der Waals surface area (Å²) in [5.74, 6) is 0. The Kier molecular flexibility index (Phi) is 2.56. The Labute approximate surface area is 74.0 Å². The molecule has 0 radical (unpaired) electrons. The number of rotatable bonds is 1. The molecule has 0 amide bonds. The van der Waals surface area contributed by atoms with Gasteiger partial charge in [-0.2, -0.15) is 0 Å². The summed E-state index contributed by atoms with van der Waals surface area (Å²) in [6, 6.07) is 0. The van der Waals surface area contributed by atoms with Crippen molar-refractivity contribution in [2.24, 2.45) is 0 Å². The highest BCUT2D eigenvalue weighted by Crippen LogP contribution is 2.51. The molecular weight excluding hydrogens is 211 g/mol. The molecule has 1 aromatic heterocycles. The summed E-state index contributed by atoms with van der Waals surface area (Å²) in [5.41, 5.74) is 0. The van der Waals surface area contributed by atoms with Crippen LogP contribution < -0.4 is 0 Å². The van der Waals surface area contributed by atoms with Crippen molar-refractivity contribution in [2.45, 2.75) is 5.03 Å². The van der Waals surface area contributed by atoms with E-state index >= 15 is 0 Å². The zero-order valence-corrected chi connectivity index (χ0v) is 7.44. The smallest absolute Gasteiger partial charge is 0.182 e. The summed E-state index contributed by atoms with van der Waals surface area (Å²) in [5, 5.41) is 0.0950. The van der Waals surface area contributed by atoms with Gasteiger partial charge in [0.05, 0.1) is 12.4 Å². The van der Waals surface area contributed by atoms with Gasteiger partial charge in [0.25, 0.3) is 0 Å². The minimum absolute atomic E-state index is 0.0800. The van der Waals surface area contributed by atoms with Gasteiger partial charge in [-0.1, -0.05) is 21.4 Å². The predicted molar refractivity (Wildman–Crippen MR) is 44.0 cm³/mol. The molecule has 1 heterocycles. The molecule has 11 heavy (non-hydrogen) atoms. The van der Waals surface area contributed by atoms with Crippen molar-refractivity contribution in [2.75, 3.05) is 0 Å². The molecule has 4 nitrogen and oxygen atoms in total. The van der Waals surface area contributed by atoms with Gasteiger partial charge >= 0.3 is 0 Å². The van der Waals surface area contributed by atoms with Crippen molar-refractivity contribution in [3.05, 3.63) is 17.5 Å². The highest BCUT2D eigenvalue weighted by Gasteiger charge is 2.12. The summed E-state index contributed by atoms with van der Waals surface area (Å²) in [7, 11) is 1.88. The first-order valence-corrected chi connectivity index (χ1v) is 5.20. The normalized spacial score (nSPS) is 13.1. The van der Waals surface area contributed by atoms with Crippen molar-refractivity contribution in [1.82, 2.24) is 9.97 Å². The van der Waals surface area contributed by atoms with Crippen LogP contribution in [0.5, 0.6) is 0 Å². The molecule has 0 atom stereocenters. The molecule has 0 aromatic carbocycles. The Balaban J connectivity index is 2.99. The van der Waals surface area contributed by atoms with Crippen molar-refractivity contribution in [3.8, 4) is 0 Å². The van der Waals surface area contributed by atoms with E-state index in [4.69, 9.17) is 31.4 Å². The molecule has 1 rings (SSSR count). The van der Waals surface area contributed by atoms with Crippen molar-refractivity contribution in [3.63, 3.8) is 0 Å². The number of halogens is 2. The molecule has 0 bridgehead atoms. The topological polar surface area (TPSA) is 66.2 Å². The van der Waals surface area contributed by atoms with Gasteiger partial charge in [-0.15, -0.1) is 0 Å². The average molecular weight is 215 g/mol. The van der Waals surface area contributed by atoms with Crippen LogP contribution >= 0.6 is 32.1 Å². The van der Waals surface area contributed by atoms with Crippen LogP contribution in [0.25, 0.3) is 0 Å². The Morgan fingerprint density at radius 1 is 1.27 bits per heavy atom. The van der Waals surface area contributed by atoms with Crippen molar-refractivity contribution < 1.29 is 9.11 Å². The van der Waals surface area contributed by atoms with Gasteiger partial charge in [-0.25, -0.2) is 9.97 Å². The minimum atomic E-state index is -3.28. The third-order valence-electron chi connectivity index (χ3n) is 0.863. The second kappa shape index (κ2) is 3.12. The summed E-state index contributed by atoms with van der Waals surface area (Å²) in [6.45, 7) is 0. The number of hydrogen-bond donors (Lipinski definition) is 2. The molecule has 0 aliphatic carbocycles. The van der Waals surface area contributed by atoms with E-state index in [1.807, 2.05) is 0 Å². The first-order valence-electron chi connectivity index (χ1n) is 2.45. The molecule has 1 aromatic rings. The van der Waals surface area contributed by atoms with Gasteiger partial charge in [0.2, 0.25) is 0 Å². The average Bonchev–Trinajstić information content (AvgIpc) is 1.86. The molecule has 2 N–H and O–H groups in total. The third kappa shape index (κ3) is 2.46. The van der Waals surface area contributed by atoms with Crippen LogP contribution in [0.1, 0.15) is 0 Å². The largest absolute Gasteiger partial charge is 0.280 e. The molecule has 0 unspecified atom stereocenters. The standard InChI is InChI=1S/C4H4Cl2N2O2S/c5-3-1-8-4(2-7-3)11(6,9)10/h1-2,9-10H.